The van der Waals surface area contributed by atoms with E-state index in [9.17, 15) is 0 Å². The van der Waals surface area contributed by atoms with Crippen molar-refractivity contribution in [2.45, 2.75) is 83.6 Å². The van der Waals surface area contributed by atoms with Crippen LogP contribution in [0.5, 0.6) is 0 Å². The zero-order chi connectivity index (χ0) is 23.3. The predicted molar refractivity (Wildman–Crippen MR) is 149 cm³/mol. The second-order valence-corrected chi connectivity index (χ2v) is 11.9. The van der Waals surface area contributed by atoms with Crippen LogP contribution in [0.25, 0.3) is 10.9 Å². The van der Waals surface area contributed by atoms with Crippen molar-refractivity contribution in [1.29, 1.82) is 0 Å². The Labute approximate surface area is 214 Å². The number of nitrogens with zero attached hydrogens (tertiary/aromatic N) is 1. The Balaban J connectivity index is 1.46. The summed E-state index contributed by atoms with van der Waals surface area (Å²) >= 11 is 3.78. The summed E-state index contributed by atoms with van der Waals surface area (Å²) in [6.07, 6.45) is 16.2. The van der Waals surface area contributed by atoms with Crippen molar-refractivity contribution in [3.63, 3.8) is 0 Å². The van der Waals surface area contributed by atoms with Gasteiger partial charge in [-0.25, -0.2) is 0 Å². The van der Waals surface area contributed by atoms with Crippen LogP contribution in [0.4, 0.5) is 0 Å². The monoisotopic (exact) mass is 520 g/mol. The van der Waals surface area contributed by atoms with Crippen LogP contribution >= 0.6 is 15.9 Å². The average molecular weight is 522 g/mol. The molecule has 1 atom stereocenters. The van der Waals surface area contributed by atoms with Gasteiger partial charge in [0, 0.05) is 34.0 Å². The van der Waals surface area contributed by atoms with Gasteiger partial charge in [-0.3, -0.25) is 0 Å². The minimum atomic E-state index is 0.464. The summed E-state index contributed by atoms with van der Waals surface area (Å²) in [7, 11) is 0. The number of rotatable bonds is 8. The van der Waals surface area contributed by atoms with E-state index in [-0.39, 0.29) is 0 Å². The van der Waals surface area contributed by atoms with Gasteiger partial charge in [-0.1, -0.05) is 77.9 Å². The van der Waals surface area contributed by atoms with Crippen LogP contribution in [0, 0.1) is 18.8 Å². The molecule has 0 bridgehead atoms. The Morgan fingerprint density at radius 1 is 0.971 bits per heavy atom. The number of hydrogen-bond acceptors (Lipinski definition) is 1. The lowest BCUT2D eigenvalue weighted by atomic mass is 9.84. The third kappa shape index (κ3) is 5.79. The fraction of sp³-hybridized carbons (Fsp3) is 0.548. The molecule has 3 heteroatoms. The molecule has 2 heterocycles. The van der Waals surface area contributed by atoms with E-state index in [1.165, 1.54) is 116 Å². The number of nitrogens with one attached hydrogen (secondary N) is 1. The summed E-state index contributed by atoms with van der Waals surface area (Å²) in [4.78, 5) is 0. The van der Waals surface area contributed by atoms with Crippen molar-refractivity contribution < 1.29 is 0 Å². The van der Waals surface area contributed by atoms with Gasteiger partial charge in [0.25, 0.3) is 0 Å². The maximum absolute atomic E-state index is 3.78. The minimum Gasteiger partial charge on any atom is -0.347 e. The smallest absolute Gasteiger partial charge is 0.0484 e. The van der Waals surface area contributed by atoms with Gasteiger partial charge in [0.05, 0.1) is 0 Å². The summed E-state index contributed by atoms with van der Waals surface area (Å²) in [5, 5.41) is 4.97. The highest BCUT2D eigenvalue weighted by atomic mass is 79.9. The van der Waals surface area contributed by atoms with Crippen molar-refractivity contribution in [2.24, 2.45) is 11.8 Å². The molecular formula is C31H41BrN2. The Hall–Kier alpha value is -1.58. The fourth-order valence-electron chi connectivity index (χ4n) is 6.54. The largest absolute Gasteiger partial charge is 0.347 e. The van der Waals surface area contributed by atoms with Gasteiger partial charge in [0.15, 0.2) is 0 Å². The summed E-state index contributed by atoms with van der Waals surface area (Å²) in [6.45, 7) is 5.82. The van der Waals surface area contributed by atoms with Crippen LogP contribution in [-0.2, 0) is 6.54 Å². The van der Waals surface area contributed by atoms with Crippen molar-refractivity contribution in [3.8, 4) is 0 Å². The summed E-state index contributed by atoms with van der Waals surface area (Å²) in [5.74, 6) is 2.20. The molecule has 0 spiro atoms. The van der Waals surface area contributed by atoms with Gasteiger partial charge >= 0.3 is 0 Å². The number of hydrogen-bond donors (Lipinski definition) is 1. The zero-order valence-corrected chi connectivity index (χ0v) is 22.5. The Morgan fingerprint density at radius 3 is 2.59 bits per heavy atom. The molecular weight excluding hydrogens is 480 g/mol. The number of aryl methyl sites for hydroxylation is 1. The standard InChI is InChI=1S/C31H41BrN2/c1-23-7-5-11-26(19-23)28(12-6-10-24-15-17-33-18-16-24)30-22-34(21-25-8-3-2-4-9-25)31-14-13-27(32)20-29(30)31/h5,7,11,13-14,19-20,22,24-25,28,33H,2-4,6,8-10,12,15-18,21H2,1H3. The highest BCUT2D eigenvalue weighted by Crippen LogP contribution is 2.39. The maximum atomic E-state index is 3.78. The number of aromatic nitrogens is 1. The third-order valence-corrected chi connectivity index (χ3v) is 8.93. The molecule has 0 radical (unpaired) electrons. The van der Waals surface area contributed by atoms with E-state index in [1.54, 1.807) is 0 Å². The summed E-state index contributed by atoms with van der Waals surface area (Å²) < 4.78 is 3.79. The van der Waals surface area contributed by atoms with Crippen molar-refractivity contribution in [2.75, 3.05) is 13.1 Å². The molecule has 5 rings (SSSR count). The van der Waals surface area contributed by atoms with Gasteiger partial charge in [-0.15, -0.1) is 0 Å². The first-order valence-corrected chi connectivity index (χ1v) is 14.5. The zero-order valence-electron chi connectivity index (χ0n) is 20.9. The number of fused-ring (bicyclic) bond motifs is 1. The average Bonchev–Trinajstić information content (AvgIpc) is 3.20. The minimum absolute atomic E-state index is 0.464. The van der Waals surface area contributed by atoms with Crippen LogP contribution in [0.3, 0.4) is 0 Å². The van der Waals surface area contributed by atoms with E-state index in [4.69, 9.17) is 0 Å². The van der Waals surface area contributed by atoms with Crippen LogP contribution in [0.15, 0.2) is 53.1 Å². The van der Waals surface area contributed by atoms with Crippen LogP contribution in [0.2, 0.25) is 0 Å². The molecule has 0 amide bonds. The lowest BCUT2D eigenvalue weighted by Crippen LogP contribution is -2.27. The third-order valence-electron chi connectivity index (χ3n) is 8.44. The SMILES string of the molecule is Cc1cccc(C(CCCC2CCNCC2)c2cn(CC3CCCCC3)c3ccc(Br)cc23)c1. The first kappa shape index (κ1) is 24.1. The van der Waals surface area contributed by atoms with E-state index in [1.807, 2.05) is 0 Å². The summed E-state index contributed by atoms with van der Waals surface area (Å²) in [5.41, 5.74) is 5.80. The van der Waals surface area contributed by atoms with Gasteiger partial charge in [0.1, 0.15) is 0 Å². The number of benzene rings is 2. The van der Waals surface area contributed by atoms with E-state index < -0.39 is 0 Å². The first-order chi connectivity index (χ1) is 16.7. The lowest BCUT2D eigenvalue weighted by molar-refractivity contribution is 0.322. The lowest BCUT2D eigenvalue weighted by Gasteiger charge is -2.24. The molecule has 2 fully saturated rings. The van der Waals surface area contributed by atoms with Gasteiger partial charge in [-0.2, -0.15) is 0 Å². The molecule has 182 valence electrons. The van der Waals surface area contributed by atoms with Crippen molar-refractivity contribution in [3.05, 3.63) is 69.8 Å². The maximum Gasteiger partial charge on any atom is 0.0484 e. The Morgan fingerprint density at radius 2 is 1.79 bits per heavy atom. The molecule has 1 saturated carbocycles. The van der Waals surface area contributed by atoms with Crippen molar-refractivity contribution in [1.82, 2.24) is 9.88 Å². The Kier molecular flexibility index (Phi) is 8.12. The molecule has 1 saturated heterocycles. The molecule has 1 unspecified atom stereocenters. The van der Waals surface area contributed by atoms with E-state index in [0.717, 1.165) is 11.8 Å². The van der Waals surface area contributed by atoms with Gasteiger partial charge in [-0.05, 0) is 93.3 Å². The molecule has 34 heavy (non-hydrogen) atoms. The fourth-order valence-corrected chi connectivity index (χ4v) is 6.90. The van der Waals surface area contributed by atoms with E-state index in [0.29, 0.717) is 5.92 Å². The number of halogens is 1. The van der Waals surface area contributed by atoms with Gasteiger partial charge in [0.2, 0.25) is 0 Å². The topological polar surface area (TPSA) is 17.0 Å². The van der Waals surface area contributed by atoms with Crippen LogP contribution in [0.1, 0.15) is 86.8 Å². The van der Waals surface area contributed by atoms with Gasteiger partial charge < -0.3 is 9.88 Å². The number of piperidine rings is 1. The first-order valence-electron chi connectivity index (χ1n) is 13.7. The second-order valence-electron chi connectivity index (χ2n) is 11.0. The predicted octanol–water partition coefficient (Wildman–Crippen LogP) is 8.59. The van der Waals surface area contributed by atoms with Crippen LogP contribution in [-0.4, -0.2) is 17.7 Å². The molecule has 2 aliphatic rings. The molecule has 1 aliphatic heterocycles. The quantitative estimate of drug-likeness (QED) is 0.314. The van der Waals surface area contributed by atoms with Crippen LogP contribution < -0.4 is 5.32 Å². The van der Waals surface area contributed by atoms with Crippen molar-refractivity contribution >= 4 is 26.8 Å². The molecule has 2 nitrogen and oxygen atoms in total. The molecule has 3 aromatic rings. The Bertz CT molecular complexity index is 1070. The molecule has 2 aromatic carbocycles. The van der Waals surface area contributed by atoms with E-state index >= 15 is 0 Å². The second kappa shape index (κ2) is 11.4. The van der Waals surface area contributed by atoms with E-state index in [2.05, 4.69) is 81.4 Å². The highest BCUT2D eigenvalue weighted by Gasteiger charge is 2.23. The molecule has 1 N–H and O–H groups in total. The molecule has 1 aromatic heterocycles. The highest BCUT2D eigenvalue weighted by molar-refractivity contribution is 9.10. The molecule has 1 aliphatic carbocycles. The normalized spacial score (nSPS) is 19.0. The summed E-state index contributed by atoms with van der Waals surface area (Å²) in [6, 6.07) is 16.2.